The molecule has 0 bridgehead atoms. The molecular formula is C7H9F4NO4. The standard InChI is InChI=1S/C7H9F4NO4/c1-2-16-5(14)6(15,7(9,10)11)12-4(13)3-8/h15H,2-3H2,1H3,(H,12,13)/t6-/m1/s1. The molecule has 5 nitrogen and oxygen atoms in total. The third-order valence-corrected chi connectivity index (χ3v) is 1.42. The summed E-state index contributed by atoms with van der Waals surface area (Å²) in [6.07, 6.45) is -5.51. The molecule has 94 valence electrons. The van der Waals surface area contributed by atoms with Gasteiger partial charge in [0.05, 0.1) is 6.61 Å². The van der Waals surface area contributed by atoms with E-state index in [2.05, 4.69) is 4.74 Å². The quantitative estimate of drug-likeness (QED) is 0.413. The molecular weight excluding hydrogens is 238 g/mol. The smallest absolute Gasteiger partial charge is 0.448 e. The van der Waals surface area contributed by atoms with Gasteiger partial charge in [-0.15, -0.1) is 0 Å². The number of esters is 1. The van der Waals surface area contributed by atoms with Gasteiger partial charge in [0.25, 0.3) is 5.91 Å². The first-order valence-corrected chi connectivity index (χ1v) is 4.02. The molecule has 0 aromatic carbocycles. The predicted octanol–water partition coefficient (Wildman–Crippen LogP) is -0.114. The summed E-state index contributed by atoms with van der Waals surface area (Å²) < 4.78 is 52.5. The number of rotatable bonds is 4. The normalized spacial score (nSPS) is 15.1. The third-order valence-electron chi connectivity index (χ3n) is 1.42. The highest BCUT2D eigenvalue weighted by Crippen LogP contribution is 2.29. The SMILES string of the molecule is CCOC(=O)[C@](O)(NC(=O)CF)C(F)(F)F. The summed E-state index contributed by atoms with van der Waals surface area (Å²) in [7, 11) is 0. The van der Waals surface area contributed by atoms with Crippen LogP contribution in [-0.4, -0.2) is 42.2 Å². The van der Waals surface area contributed by atoms with E-state index in [1.54, 1.807) is 0 Å². The van der Waals surface area contributed by atoms with Crippen molar-refractivity contribution < 1.29 is 37.0 Å². The highest BCUT2D eigenvalue weighted by molar-refractivity contribution is 5.87. The lowest BCUT2D eigenvalue weighted by Crippen LogP contribution is -2.65. The number of carbonyl (C=O) groups is 2. The minimum Gasteiger partial charge on any atom is -0.462 e. The van der Waals surface area contributed by atoms with E-state index in [0.717, 1.165) is 5.32 Å². The molecule has 0 rings (SSSR count). The second kappa shape index (κ2) is 5.10. The maximum Gasteiger partial charge on any atom is 0.448 e. The first kappa shape index (κ1) is 14.6. The highest BCUT2D eigenvalue weighted by Gasteiger charge is 2.62. The summed E-state index contributed by atoms with van der Waals surface area (Å²) in [4.78, 5) is 21.3. The minimum absolute atomic E-state index is 0.442. The maximum atomic E-state index is 12.3. The van der Waals surface area contributed by atoms with Crippen LogP contribution in [0.5, 0.6) is 0 Å². The number of amides is 1. The Morgan fingerprint density at radius 3 is 2.19 bits per heavy atom. The molecule has 1 amide bonds. The Balaban J connectivity index is 5.04. The molecule has 0 radical (unpaired) electrons. The third kappa shape index (κ3) is 3.05. The van der Waals surface area contributed by atoms with Crippen LogP contribution in [0.25, 0.3) is 0 Å². The van der Waals surface area contributed by atoms with Crippen molar-refractivity contribution in [3.05, 3.63) is 0 Å². The number of nitrogens with one attached hydrogen (secondary N) is 1. The molecule has 1 atom stereocenters. The second-order valence-electron chi connectivity index (χ2n) is 2.61. The monoisotopic (exact) mass is 247 g/mol. The van der Waals surface area contributed by atoms with Gasteiger partial charge in [-0.05, 0) is 6.92 Å². The van der Waals surface area contributed by atoms with Crippen molar-refractivity contribution >= 4 is 11.9 Å². The van der Waals surface area contributed by atoms with Gasteiger partial charge in [0, 0.05) is 0 Å². The van der Waals surface area contributed by atoms with E-state index in [1.165, 1.54) is 6.92 Å². The zero-order chi connectivity index (χ0) is 13.0. The van der Waals surface area contributed by atoms with Crippen LogP contribution in [0.15, 0.2) is 0 Å². The van der Waals surface area contributed by atoms with Crippen molar-refractivity contribution in [1.82, 2.24) is 5.32 Å². The van der Waals surface area contributed by atoms with Gasteiger partial charge in [0.15, 0.2) is 6.67 Å². The molecule has 0 spiro atoms. The largest absolute Gasteiger partial charge is 0.462 e. The van der Waals surface area contributed by atoms with Crippen LogP contribution in [-0.2, 0) is 14.3 Å². The average Bonchev–Trinajstić information content (AvgIpc) is 2.16. The molecule has 0 aliphatic carbocycles. The van der Waals surface area contributed by atoms with Gasteiger partial charge in [-0.3, -0.25) is 4.79 Å². The molecule has 0 fully saturated rings. The van der Waals surface area contributed by atoms with E-state index >= 15 is 0 Å². The Morgan fingerprint density at radius 1 is 1.38 bits per heavy atom. The lowest BCUT2D eigenvalue weighted by molar-refractivity contribution is -0.271. The number of hydrogen-bond donors (Lipinski definition) is 2. The average molecular weight is 247 g/mol. The van der Waals surface area contributed by atoms with Crippen LogP contribution in [0.2, 0.25) is 0 Å². The molecule has 0 aromatic rings. The molecule has 0 heterocycles. The van der Waals surface area contributed by atoms with E-state index in [9.17, 15) is 27.2 Å². The summed E-state index contributed by atoms with van der Waals surface area (Å²) in [6.45, 7) is -1.05. The molecule has 0 saturated carbocycles. The molecule has 16 heavy (non-hydrogen) atoms. The Bertz CT molecular complexity index is 280. The minimum atomic E-state index is -5.51. The van der Waals surface area contributed by atoms with Gasteiger partial charge in [0.2, 0.25) is 0 Å². The molecule has 0 aliphatic heterocycles. The predicted molar refractivity (Wildman–Crippen MR) is 41.8 cm³/mol. The molecule has 9 heteroatoms. The lowest BCUT2D eigenvalue weighted by Gasteiger charge is -2.28. The van der Waals surface area contributed by atoms with Gasteiger partial charge in [-0.1, -0.05) is 0 Å². The maximum absolute atomic E-state index is 12.3. The van der Waals surface area contributed by atoms with Crippen molar-refractivity contribution in [2.75, 3.05) is 13.3 Å². The van der Waals surface area contributed by atoms with Gasteiger partial charge in [0.1, 0.15) is 0 Å². The first-order chi connectivity index (χ1) is 7.19. The fourth-order valence-corrected chi connectivity index (χ4v) is 0.708. The summed E-state index contributed by atoms with van der Waals surface area (Å²) in [5.74, 6) is -3.91. The van der Waals surface area contributed by atoms with Gasteiger partial charge >= 0.3 is 17.9 Å². The van der Waals surface area contributed by atoms with E-state index in [4.69, 9.17) is 5.11 Å². The van der Waals surface area contributed by atoms with Gasteiger partial charge in [-0.25, -0.2) is 9.18 Å². The number of carbonyl (C=O) groups excluding carboxylic acids is 2. The Hall–Kier alpha value is -1.38. The van der Waals surface area contributed by atoms with Gasteiger partial charge < -0.3 is 15.2 Å². The first-order valence-electron chi connectivity index (χ1n) is 4.02. The van der Waals surface area contributed by atoms with Crippen molar-refractivity contribution in [2.24, 2.45) is 0 Å². The Labute approximate surface area is 87.4 Å². The van der Waals surface area contributed by atoms with Crippen LogP contribution >= 0.6 is 0 Å². The number of ether oxygens (including phenoxy) is 1. The number of halogens is 4. The van der Waals surface area contributed by atoms with Crippen molar-refractivity contribution in [3.63, 3.8) is 0 Å². The van der Waals surface area contributed by atoms with Crippen LogP contribution in [0.3, 0.4) is 0 Å². The van der Waals surface area contributed by atoms with Gasteiger partial charge in [-0.2, -0.15) is 13.2 Å². The topological polar surface area (TPSA) is 75.6 Å². The van der Waals surface area contributed by atoms with Crippen LogP contribution in [0.1, 0.15) is 6.92 Å². The summed E-state index contributed by atoms with van der Waals surface area (Å²) in [6, 6.07) is 0. The number of alkyl halides is 4. The molecule has 0 saturated heterocycles. The zero-order valence-corrected chi connectivity index (χ0v) is 8.10. The second-order valence-corrected chi connectivity index (χ2v) is 2.61. The van der Waals surface area contributed by atoms with Crippen LogP contribution in [0.4, 0.5) is 17.6 Å². The molecule has 2 N–H and O–H groups in total. The molecule has 0 aliphatic rings. The van der Waals surface area contributed by atoms with E-state index < -0.39 is 37.1 Å². The van der Waals surface area contributed by atoms with Crippen LogP contribution < -0.4 is 5.32 Å². The summed E-state index contributed by atoms with van der Waals surface area (Å²) in [5, 5.41) is 9.76. The summed E-state index contributed by atoms with van der Waals surface area (Å²) >= 11 is 0. The van der Waals surface area contributed by atoms with E-state index in [-0.39, 0.29) is 0 Å². The van der Waals surface area contributed by atoms with Crippen molar-refractivity contribution in [1.29, 1.82) is 0 Å². The molecule has 0 aromatic heterocycles. The fourth-order valence-electron chi connectivity index (χ4n) is 0.708. The zero-order valence-electron chi connectivity index (χ0n) is 8.10. The highest BCUT2D eigenvalue weighted by atomic mass is 19.4. The Kier molecular flexibility index (Phi) is 4.66. The Morgan fingerprint density at radius 2 is 1.88 bits per heavy atom. The lowest BCUT2D eigenvalue weighted by atomic mass is 10.2. The number of hydrogen-bond acceptors (Lipinski definition) is 4. The molecule has 0 unspecified atom stereocenters. The summed E-state index contributed by atoms with van der Waals surface area (Å²) in [5.41, 5.74) is -4.23. The fraction of sp³-hybridized carbons (Fsp3) is 0.714. The van der Waals surface area contributed by atoms with E-state index in [0.29, 0.717) is 0 Å². The van der Waals surface area contributed by atoms with Crippen molar-refractivity contribution in [2.45, 2.75) is 18.8 Å². The van der Waals surface area contributed by atoms with E-state index in [1.807, 2.05) is 0 Å². The number of aliphatic hydroxyl groups is 1. The van der Waals surface area contributed by atoms with Crippen molar-refractivity contribution in [3.8, 4) is 0 Å². The van der Waals surface area contributed by atoms with Crippen LogP contribution in [0, 0.1) is 0 Å².